The molecule has 1 saturated heterocycles. The first-order valence-electron chi connectivity index (χ1n) is 6.80. The maximum absolute atomic E-state index is 13.2. The molecule has 1 fully saturated rings. The summed E-state index contributed by atoms with van der Waals surface area (Å²) in [5.74, 6) is 0.294. The SMILES string of the molecule is O=C(c1cccc(F)c1)N1CCN(c2cnccn2)CC1. The molecular weight excluding hydrogens is 271 g/mol. The fourth-order valence-corrected chi connectivity index (χ4v) is 2.40. The molecule has 0 unspecified atom stereocenters. The first-order valence-corrected chi connectivity index (χ1v) is 6.80. The molecule has 6 heteroatoms. The Morgan fingerprint density at radius 1 is 1.14 bits per heavy atom. The lowest BCUT2D eigenvalue weighted by Gasteiger charge is -2.35. The number of benzene rings is 1. The predicted molar refractivity (Wildman–Crippen MR) is 76.5 cm³/mol. The summed E-state index contributed by atoms with van der Waals surface area (Å²) in [5.41, 5.74) is 0.392. The van der Waals surface area contributed by atoms with Crippen LogP contribution in [-0.2, 0) is 0 Å². The topological polar surface area (TPSA) is 49.3 Å². The normalized spacial score (nSPS) is 15.1. The second-order valence-electron chi connectivity index (χ2n) is 4.85. The van der Waals surface area contributed by atoms with Gasteiger partial charge >= 0.3 is 0 Å². The van der Waals surface area contributed by atoms with Crippen LogP contribution in [0.3, 0.4) is 0 Å². The number of carbonyl (C=O) groups excluding carboxylic acids is 1. The van der Waals surface area contributed by atoms with E-state index in [2.05, 4.69) is 14.9 Å². The lowest BCUT2D eigenvalue weighted by Crippen LogP contribution is -2.49. The number of hydrogen-bond donors (Lipinski definition) is 0. The molecule has 1 aromatic heterocycles. The maximum Gasteiger partial charge on any atom is 0.254 e. The highest BCUT2D eigenvalue weighted by atomic mass is 19.1. The van der Waals surface area contributed by atoms with Gasteiger partial charge in [0.05, 0.1) is 6.20 Å². The Labute approximate surface area is 122 Å². The smallest absolute Gasteiger partial charge is 0.254 e. The van der Waals surface area contributed by atoms with Crippen molar-refractivity contribution in [1.82, 2.24) is 14.9 Å². The summed E-state index contributed by atoms with van der Waals surface area (Å²) in [7, 11) is 0. The highest BCUT2D eigenvalue weighted by molar-refractivity contribution is 5.94. The zero-order valence-corrected chi connectivity index (χ0v) is 11.4. The highest BCUT2D eigenvalue weighted by Gasteiger charge is 2.23. The first-order chi connectivity index (χ1) is 10.2. The van der Waals surface area contributed by atoms with Crippen LogP contribution in [0.2, 0.25) is 0 Å². The van der Waals surface area contributed by atoms with E-state index in [1.54, 1.807) is 35.6 Å². The van der Waals surface area contributed by atoms with Crippen LogP contribution in [0.1, 0.15) is 10.4 Å². The van der Waals surface area contributed by atoms with Crippen molar-refractivity contribution in [1.29, 1.82) is 0 Å². The summed E-state index contributed by atoms with van der Waals surface area (Å²) in [5, 5.41) is 0. The Balaban J connectivity index is 1.64. The van der Waals surface area contributed by atoms with Gasteiger partial charge in [0.1, 0.15) is 11.6 Å². The van der Waals surface area contributed by atoms with Gasteiger partial charge in [0.2, 0.25) is 0 Å². The molecule has 0 saturated carbocycles. The zero-order chi connectivity index (χ0) is 14.7. The number of nitrogens with zero attached hydrogens (tertiary/aromatic N) is 4. The number of halogens is 1. The molecule has 108 valence electrons. The quantitative estimate of drug-likeness (QED) is 0.841. The van der Waals surface area contributed by atoms with E-state index >= 15 is 0 Å². The average Bonchev–Trinajstić information content (AvgIpc) is 2.55. The standard InChI is InChI=1S/C15H15FN4O/c16-13-3-1-2-12(10-13)15(21)20-8-6-19(7-9-20)14-11-17-4-5-18-14/h1-5,10-11H,6-9H2. The van der Waals surface area contributed by atoms with E-state index in [9.17, 15) is 9.18 Å². The van der Waals surface area contributed by atoms with Crippen LogP contribution in [0.4, 0.5) is 10.2 Å². The summed E-state index contributed by atoms with van der Waals surface area (Å²) in [6.45, 7) is 2.57. The first kappa shape index (κ1) is 13.5. The number of aromatic nitrogens is 2. The van der Waals surface area contributed by atoms with E-state index in [0.29, 0.717) is 31.7 Å². The van der Waals surface area contributed by atoms with Crippen LogP contribution in [0.5, 0.6) is 0 Å². The number of hydrogen-bond acceptors (Lipinski definition) is 4. The van der Waals surface area contributed by atoms with Gasteiger partial charge in [0.15, 0.2) is 0 Å². The van der Waals surface area contributed by atoms with Crippen LogP contribution < -0.4 is 4.90 Å². The Bertz CT molecular complexity index is 627. The Morgan fingerprint density at radius 2 is 1.95 bits per heavy atom. The molecule has 1 aliphatic heterocycles. The number of amides is 1. The fraction of sp³-hybridized carbons (Fsp3) is 0.267. The van der Waals surface area contributed by atoms with Gasteiger partial charge in [0.25, 0.3) is 5.91 Å². The van der Waals surface area contributed by atoms with Gasteiger partial charge in [-0.25, -0.2) is 9.37 Å². The number of piperazine rings is 1. The molecule has 0 spiro atoms. The van der Waals surface area contributed by atoms with Gasteiger partial charge < -0.3 is 9.80 Å². The van der Waals surface area contributed by atoms with Gasteiger partial charge in [-0.1, -0.05) is 6.07 Å². The van der Waals surface area contributed by atoms with E-state index in [0.717, 1.165) is 5.82 Å². The third kappa shape index (κ3) is 2.99. The van der Waals surface area contributed by atoms with Crippen molar-refractivity contribution in [2.75, 3.05) is 31.1 Å². The zero-order valence-electron chi connectivity index (χ0n) is 11.4. The molecule has 5 nitrogen and oxygen atoms in total. The van der Waals surface area contributed by atoms with Gasteiger partial charge in [-0.05, 0) is 18.2 Å². The minimum atomic E-state index is -0.390. The van der Waals surface area contributed by atoms with Crippen molar-refractivity contribution in [2.45, 2.75) is 0 Å². The number of anilines is 1. The molecule has 1 aliphatic rings. The average molecular weight is 286 g/mol. The molecule has 21 heavy (non-hydrogen) atoms. The molecular formula is C15H15FN4O. The van der Waals surface area contributed by atoms with Crippen LogP contribution in [-0.4, -0.2) is 47.0 Å². The largest absolute Gasteiger partial charge is 0.352 e. The number of rotatable bonds is 2. The monoisotopic (exact) mass is 286 g/mol. The minimum Gasteiger partial charge on any atom is -0.352 e. The van der Waals surface area contributed by atoms with Crippen molar-refractivity contribution in [2.24, 2.45) is 0 Å². The summed E-state index contributed by atoms with van der Waals surface area (Å²) >= 11 is 0. The van der Waals surface area contributed by atoms with Crippen LogP contribution in [0.25, 0.3) is 0 Å². The highest BCUT2D eigenvalue weighted by Crippen LogP contribution is 2.14. The van der Waals surface area contributed by atoms with Crippen LogP contribution in [0, 0.1) is 5.82 Å². The molecule has 2 aromatic rings. The second-order valence-corrected chi connectivity index (χ2v) is 4.85. The molecule has 0 N–H and O–H groups in total. The molecule has 3 rings (SSSR count). The fourth-order valence-electron chi connectivity index (χ4n) is 2.40. The Kier molecular flexibility index (Phi) is 3.77. The lowest BCUT2D eigenvalue weighted by atomic mass is 10.1. The molecule has 0 radical (unpaired) electrons. The van der Waals surface area contributed by atoms with Crippen molar-refractivity contribution in [3.8, 4) is 0 Å². The summed E-state index contributed by atoms with van der Waals surface area (Å²) < 4.78 is 13.2. The van der Waals surface area contributed by atoms with E-state index in [1.165, 1.54) is 12.1 Å². The van der Waals surface area contributed by atoms with Crippen LogP contribution >= 0.6 is 0 Å². The maximum atomic E-state index is 13.2. The number of carbonyl (C=O) groups is 1. The van der Waals surface area contributed by atoms with Crippen molar-refractivity contribution in [3.05, 3.63) is 54.2 Å². The van der Waals surface area contributed by atoms with E-state index < -0.39 is 0 Å². The van der Waals surface area contributed by atoms with Crippen molar-refractivity contribution in [3.63, 3.8) is 0 Å². The van der Waals surface area contributed by atoms with E-state index in [1.807, 2.05) is 0 Å². The van der Waals surface area contributed by atoms with Crippen molar-refractivity contribution >= 4 is 11.7 Å². The van der Waals surface area contributed by atoms with Gasteiger partial charge in [-0.2, -0.15) is 0 Å². The summed E-state index contributed by atoms with van der Waals surface area (Å²) in [6, 6.07) is 5.80. The van der Waals surface area contributed by atoms with Gasteiger partial charge in [0, 0.05) is 44.1 Å². The molecule has 0 atom stereocenters. The molecule has 1 amide bonds. The second kappa shape index (κ2) is 5.87. The van der Waals surface area contributed by atoms with E-state index in [4.69, 9.17) is 0 Å². The van der Waals surface area contributed by atoms with Crippen molar-refractivity contribution < 1.29 is 9.18 Å². The van der Waals surface area contributed by atoms with E-state index in [-0.39, 0.29) is 11.7 Å². The predicted octanol–water partition coefficient (Wildman–Crippen LogP) is 1.58. The lowest BCUT2D eigenvalue weighted by molar-refractivity contribution is 0.0746. The molecule has 0 aliphatic carbocycles. The Hall–Kier alpha value is -2.50. The van der Waals surface area contributed by atoms with Gasteiger partial charge in [-0.3, -0.25) is 9.78 Å². The minimum absolute atomic E-state index is 0.131. The molecule has 0 bridgehead atoms. The van der Waals surface area contributed by atoms with Crippen LogP contribution in [0.15, 0.2) is 42.9 Å². The molecule has 1 aromatic carbocycles. The Morgan fingerprint density at radius 3 is 2.62 bits per heavy atom. The molecule has 2 heterocycles. The van der Waals surface area contributed by atoms with Gasteiger partial charge in [-0.15, -0.1) is 0 Å². The third-order valence-electron chi connectivity index (χ3n) is 3.51. The summed E-state index contributed by atoms with van der Waals surface area (Å²) in [4.78, 5) is 24.4. The summed E-state index contributed by atoms with van der Waals surface area (Å²) in [6.07, 6.45) is 5.00. The third-order valence-corrected chi connectivity index (χ3v) is 3.51.